The molecule has 0 unspecified atom stereocenters. The van der Waals surface area contributed by atoms with Crippen molar-refractivity contribution in [1.29, 1.82) is 0 Å². The van der Waals surface area contributed by atoms with Crippen molar-refractivity contribution >= 4 is 27.3 Å². The standard InChI is InChI=1S/C15H11ClFN3O2S/c16-13-3-1-4-14(15(13)17)23(21,22)19-11-5-7-12(8-6-11)20-10-2-9-18-20/h1-10,19H. The number of rotatable bonds is 4. The predicted molar refractivity (Wildman–Crippen MR) is 85.8 cm³/mol. The lowest BCUT2D eigenvalue weighted by molar-refractivity contribution is 0.570. The summed E-state index contributed by atoms with van der Waals surface area (Å²) in [5.41, 5.74) is 1.08. The molecule has 1 heterocycles. The van der Waals surface area contributed by atoms with Crippen LogP contribution in [0.5, 0.6) is 0 Å². The molecular weight excluding hydrogens is 341 g/mol. The van der Waals surface area contributed by atoms with Crippen LogP contribution in [0.25, 0.3) is 5.69 Å². The Balaban J connectivity index is 1.87. The molecule has 1 aromatic heterocycles. The second kappa shape index (κ2) is 6.02. The summed E-state index contributed by atoms with van der Waals surface area (Å²) in [4.78, 5) is -0.499. The fourth-order valence-corrected chi connectivity index (χ4v) is 3.40. The molecule has 0 radical (unpaired) electrons. The first-order valence-corrected chi connectivity index (χ1v) is 8.40. The van der Waals surface area contributed by atoms with Gasteiger partial charge in [0.2, 0.25) is 0 Å². The van der Waals surface area contributed by atoms with Crippen molar-refractivity contribution in [3.8, 4) is 5.69 Å². The zero-order valence-electron chi connectivity index (χ0n) is 11.6. The maximum Gasteiger partial charge on any atom is 0.264 e. The molecule has 0 saturated carbocycles. The third-order valence-corrected chi connectivity index (χ3v) is 4.78. The minimum Gasteiger partial charge on any atom is -0.280 e. The van der Waals surface area contributed by atoms with Crippen molar-refractivity contribution in [2.75, 3.05) is 4.72 Å². The van der Waals surface area contributed by atoms with E-state index in [4.69, 9.17) is 11.6 Å². The van der Waals surface area contributed by atoms with Crippen LogP contribution < -0.4 is 4.72 Å². The number of sulfonamides is 1. The minimum absolute atomic E-state index is 0.248. The van der Waals surface area contributed by atoms with Crippen LogP contribution in [0.3, 0.4) is 0 Å². The number of nitrogens with zero attached hydrogens (tertiary/aromatic N) is 2. The zero-order valence-corrected chi connectivity index (χ0v) is 13.2. The fourth-order valence-electron chi connectivity index (χ4n) is 2.01. The number of benzene rings is 2. The number of aromatic nitrogens is 2. The number of halogens is 2. The van der Waals surface area contributed by atoms with Gasteiger partial charge in [-0.1, -0.05) is 17.7 Å². The first-order valence-electron chi connectivity index (χ1n) is 6.54. The molecule has 0 bridgehead atoms. The van der Waals surface area contributed by atoms with Gasteiger partial charge in [0.05, 0.1) is 10.7 Å². The summed E-state index contributed by atoms with van der Waals surface area (Å²) in [6, 6.07) is 12.1. The van der Waals surface area contributed by atoms with Crippen LogP contribution in [0.15, 0.2) is 65.8 Å². The second-order valence-corrected chi connectivity index (χ2v) is 6.71. The summed E-state index contributed by atoms with van der Waals surface area (Å²) >= 11 is 5.62. The van der Waals surface area contributed by atoms with Gasteiger partial charge >= 0.3 is 0 Å². The van der Waals surface area contributed by atoms with E-state index in [1.807, 2.05) is 0 Å². The smallest absolute Gasteiger partial charge is 0.264 e. The van der Waals surface area contributed by atoms with Crippen molar-refractivity contribution in [2.45, 2.75) is 4.90 Å². The molecular formula is C15H11ClFN3O2S. The summed E-state index contributed by atoms with van der Waals surface area (Å²) < 4.78 is 42.4. The minimum atomic E-state index is -4.07. The van der Waals surface area contributed by atoms with E-state index >= 15 is 0 Å². The molecule has 0 aliphatic carbocycles. The predicted octanol–water partition coefficient (Wildman–Crippen LogP) is 3.47. The summed E-state index contributed by atoms with van der Waals surface area (Å²) in [7, 11) is -4.07. The van der Waals surface area contributed by atoms with E-state index in [9.17, 15) is 12.8 Å². The van der Waals surface area contributed by atoms with Gasteiger partial charge in [-0.25, -0.2) is 17.5 Å². The summed E-state index contributed by atoms with van der Waals surface area (Å²) in [6.07, 6.45) is 3.40. The molecule has 3 rings (SSSR count). The zero-order chi connectivity index (χ0) is 16.4. The van der Waals surface area contributed by atoms with E-state index in [1.165, 1.54) is 12.1 Å². The molecule has 8 heteroatoms. The average Bonchev–Trinajstić information content (AvgIpc) is 3.04. The fraction of sp³-hybridized carbons (Fsp3) is 0. The van der Waals surface area contributed by atoms with E-state index in [1.54, 1.807) is 47.4 Å². The van der Waals surface area contributed by atoms with Gasteiger partial charge in [0, 0.05) is 18.1 Å². The van der Waals surface area contributed by atoms with Gasteiger partial charge in [0.25, 0.3) is 10.0 Å². The van der Waals surface area contributed by atoms with Crippen molar-refractivity contribution in [3.63, 3.8) is 0 Å². The highest BCUT2D eigenvalue weighted by Crippen LogP contribution is 2.24. The summed E-state index contributed by atoms with van der Waals surface area (Å²) in [5, 5.41) is 3.83. The van der Waals surface area contributed by atoms with Gasteiger partial charge in [0.15, 0.2) is 5.82 Å². The van der Waals surface area contributed by atoms with Crippen LogP contribution >= 0.6 is 11.6 Å². The molecule has 23 heavy (non-hydrogen) atoms. The SMILES string of the molecule is O=S(=O)(Nc1ccc(-n2cccn2)cc1)c1cccc(Cl)c1F. The Labute approximate surface area is 137 Å². The van der Waals surface area contributed by atoms with Crippen LogP contribution in [0.1, 0.15) is 0 Å². The average molecular weight is 352 g/mol. The number of nitrogens with one attached hydrogen (secondary N) is 1. The molecule has 0 aliphatic rings. The van der Waals surface area contributed by atoms with Crippen LogP contribution in [0.4, 0.5) is 10.1 Å². The van der Waals surface area contributed by atoms with E-state index < -0.39 is 20.7 Å². The van der Waals surface area contributed by atoms with Crippen molar-refractivity contribution in [1.82, 2.24) is 9.78 Å². The first kappa shape index (κ1) is 15.5. The molecule has 0 spiro atoms. The normalized spacial score (nSPS) is 11.4. The van der Waals surface area contributed by atoms with Gasteiger partial charge in [-0.3, -0.25) is 4.72 Å². The molecule has 5 nitrogen and oxygen atoms in total. The molecule has 2 aromatic carbocycles. The molecule has 118 valence electrons. The Bertz CT molecular complexity index is 926. The Morgan fingerprint density at radius 2 is 1.83 bits per heavy atom. The maximum atomic E-state index is 13.9. The number of hydrogen-bond donors (Lipinski definition) is 1. The molecule has 0 amide bonds. The maximum absolute atomic E-state index is 13.9. The van der Waals surface area contributed by atoms with Crippen LogP contribution in [-0.4, -0.2) is 18.2 Å². The molecule has 0 aliphatic heterocycles. The number of hydrogen-bond acceptors (Lipinski definition) is 3. The van der Waals surface area contributed by atoms with Gasteiger partial charge in [-0.05, 0) is 42.5 Å². The molecule has 0 atom stereocenters. The third-order valence-electron chi connectivity index (χ3n) is 3.09. The van der Waals surface area contributed by atoms with Crippen molar-refractivity contribution in [2.24, 2.45) is 0 Å². The monoisotopic (exact) mass is 351 g/mol. The molecule has 3 aromatic rings. The highest BCUT2D eigenvalue weighted by molar-refractivity contribution is 7.92. The molecule has 0 saturated heterocycles. The molecule has 1 N–H and O–H groups in total. The van der Waals surface area contributed by atoms with Crippen LogP contribution in [0, 0.1) is 5.82 Å². The lowest BCUT2D eigenvalue weighted by Crippen LogP contribution is -2.14. The van der Waals surface area contributed by atoms with Gasteiger partial charge in [-0.2, -0.15) is 5.10 Å². The van der Waals surface area contributed by atoms with Gasteiger partial charge in [0.1, 0.15) is 4.90 Å². The highest BCUT2D eigenvalue weighted by Gasteiger charge is 2.20. The van der Waals surface area contributed by atoms with Crippen LogP contribution in [-0.2, 0) is 10.0 Å². The topological polar surface area (TPSA) is 64.0 Å². The van der Waals surface area contributed by atoms with Gasteiger partial charge in [-0.15, -0.1) is 0 Å². The Hall–Kier alpha value is -2.38. The van der Waals surface area contributed by atoms with Crippen molar-refractivity contribution < 1.29 is 12.8 Å². The van der Waals surface area contributed by atoms with Crippen molar-refractivity contribution in [3.05, 3.63) is 71.8 Å². The highest BCUT2D eigenvalue weighted by atomic mass is 35.5. The number of anilines is 1. The molecule has 0 fully saturated rings. The summed E-state index contributed by atoms with van der Waals surface area (Å²) in [5.74, 6) is -0.977. The van der Waals surface area contributed by atoms with Gasteiger partial charge < -0.3 is 0 Å². The Morgan fingerprint density at radius 1 is 1.09 bits per heavy atom. The Morgan fingerprint density at radius 3 is 2.48 bits per heavy atom. The van der Waals surface area contributed by atoms with Crippen LogP contribution in [0.2, 0.25) is 5.02 Å². The largest absolute Gasteiger partial charge is 0.280 e. The van der Waals surface area contributed by atoms with E-state index in [0.29, 0.717) is 5.69 Å². The Kier molecular flexibility index (Phi) is 4.06. The summed E-state index contributed by atoms with van der Waals surface area (Å²) in [6.45, 7) is 0. The second-order valence-electron chi connectivity index (χ2n) is 4.65. The third kappa shape index (κ3) is 3.20. The van der Waals surface area contributed by atoms with E-state index in [-0.39, 0.29) is 5.02 Å². The quantitative estimate of drug-likeness (QED) is 0.782. The van der Waals surface area contributed by atoms with E-state index in [0.717, 1.165) is 11.8 Å². The first-order chi connectivity index (χ1) is 11.0. The lowest BCUT2D eigenvalue weighted by atomic mass is 10.3. The van der Waals surface area contributed by atoms with E-state index in [2.05, 4.69) is 9.82 Å². The lowest BCUT2D eigenvalue weighted by Gasteiger charge is -2.10.